The van der Waals surface area contributed by atoms with Crippen molar-refractivity contribution in [2.24, 2.45) is 0 Å². The minimum absolute atomic E-state index is 0.0339. The third-order valence-electron chi connectivity index (χ3n) is 6.11. The third-order valence-corrected chi connectivity index (χ3v) is 6.87. The van der Waals surface area contributed by atoms with Crippen molar-refractivity contribution in [1.29, 1.82) is 0 Å². The van der Waals surface area contributed by atoms with Crippen LogP contribution >= 0.6 is 11.3 Å². The Morgan fingerprint density at radius 3 is 2.15 bits per heavy atom. The molecular formula is C30H29N5O5S. The first-order chi connectivity index (χ1) is 19.8. The number of amides is 4. The van der Waals surface area contributed by atoms with Crippen molar-refractivity contribution in [3.05, 3.63) is 107 Å². The van der Waals surface area contributed by atoms with Gasteiger partial charge < -0.3 is 21.1 Å². The molecule has 5 N–H and O–H groups in total. The van der Waals surface area contributed by atoms with Crippen molar-refractivity contribution in [3.8, 4) is 11.1 Å². The Bertz CT molecular complexity index is 1490. The SMILES string of the molecule is CC(NC(=O)c1csc(NC(=O)NCc2ccccc2)n1)C(=O)NC(CC(=O)O)c1ccc(-c2ccccc2)cc1. The Hall–Kier alpha value is -5.03. The highest BCUT2D eigenvalue weighted by molar-refractivity contribution is 7.14. The van der Waals surface area contributed by atoms with Gasteiger partial charge in [0.25, 0.3) is 5.91 Å². The summed E-state index contributed by atoms with van der Waals surface area (Å²) in [6.07, 6.45) is -0.329. The molecule has 0 fully saturated rings. The lowest BCUT2D eigenvalue weighted by atomic mass is 9.99. The van der Waals surface area contributed by atoms with Gasteiger partial charge in [0.2, 0.25) is 5.91 Å². The van der Waals surface area contributed by atoms with Gasteiger partial charge in [-0.25, -0.2) is 9.78 Å². The second-order valence-electron chi connectivity index (χ2n) is 9.17. The number of benzene rings is 3. The molecule has 0 spiro atoms. The standard InChI is InChI=1S/C30H29N5O5S/c1-19(32-28(39)25-18-41-30(34-25)35-29(40)31-17-20-8-4-2-5-9-20)27(38)33-24(16-26(36)37)23-14-12-22(13-15-23)21-10-6-3-7-11-21/h2-15,18-19,24H,16-17H2,1H3,(H,32,39)(H,33,38)(H,36,37)(H2,31,34,35,40). The number of anilines is 1. The van der Waals surface area contributed by atoms with Crippen LogP contribution in [0.25, 0.3) is 11.1 Å². The number of urea groups is 1. The average Bonchev–Trinajstić information content (AvgIpc) is 3.45. The molecule has 0 aliphatic heterocycles. The molecule has 2 atom stereocenters. The summed E-state index contributed by atoms with van der Waals surface area (Å²) < 4.78 is 0. The Labute approximate surface area is 240 Å². The van der Waals surface area contributed by atoms with Crippen LogP contribution in [-0.2, 0) is 16.1 Å². The Balaban J connectivity index is 1.31. The number of rotatable bonds is 11. The van der Waals surface area contributed by atoms with Gasteiger partial charge in [-0.15, -0.1) is 11.3 Å². The highest BCUT2D eigenvalue weighted by Crippen LogP contribution is 2.23. The maximum absolute atomic E-state index is 12.9. The molecule has 41 heavy (non-hydrogen) atoms. The number of hydrogen-bond acceptors (Lipinski definition) is 6. The highest BCUT2D eigenvalue weighted by atomic mass is 32.1. The van der Waals surface area contributed by atoms with Crippen molar-refractivity contribution >= 4 is 40.3 Å². The van der Waals surface area contributed by atoms with E-state index in [0.29, 0.717) is 12.1 Å². The Kier molecular flexibility index (Phi) is 9.79. The van der Waals surface area contributed by atoms with E-state index in [9.17, 15) is 24.3 Å². The Morgan fingerprint density at radius 1 is 0.854 bits per heavy atom. The summed E-state index contributed by atoms with van der Waals surface area (Å²) in [5, 5.41) is 21.7. The molecule has 10 nitrogen and oxygen atoms in total. The third kappa shape index (κ3) is 8.48. The molecule has 0 saturated carbocycles. The molecule has 0 aliphatic rings. The van der Waals surface area contributed by atoms with Gasteiger partial charge in [0.05, 0.1) is 12.5 Å². The number of carbonyl (C=O) groups is 4. The second-order valence-corrected chi connectivity index (χ2v) is 10.0. The normalized spacial score (nSPS) is 12.0. The molecule has 0 radical (unpaired) electrons. The number of nitrogens with zero attached hydrogens (tertiary/aromatic N) is 1. The maximum atomic E-state index is 12.9. The summed E-state index contributed by atoms with van der Waals surface area (Å²) in [6, 6.07) is 24.2. The van der Waals surface area contributed by atoms with Crippen LogP contribution in [0.4, 0.5) is 9.93 Å². The fourth-order valence-corrected chi connectivity index (χ4v) is 4.64. The Morgan fingerprint density at radius 2 is 1.49 bits per heavy atom. The van der Waals surface area contributed by atoms with Crippen LogP contribution in [0.15, 0.2) is 90.3 Å². The van der Waals surface area contributed by atoms with E-state index >= 15 is 0 Å². The fourth-order valence-electron chi connectivity index (χ4n) is 3.95. The van der Waals surface area contributed by atoms with Crippen LogP contribution in [-0.4, -0.2) is 39.9 Å². The van der Waals surface area contributed by atoms with Crippen molar-refractivity contribution in [2.75, 3.05) is 5.32 Å². The monoisotopic (exact) mass is 571 g/mol. The number of thiazole rings is 1. The lowest BCUT2D eigenvalue weighted by Gasteiger charge is -2.21. The molecule has 4 rings (SSSR count). The highest BCUT2D eigenvalue weighted by Gasteiger charge is 2.24. The lowest BCUT2D eigenvalue weighted by Crippen LogP contribution is -2.46. The number of aliphatic carboxylic acids is 1. The molecule has 0 bridgehead atoms. The van der Waals surface area contributed by atoms with Gasteiger partial charge in [0, 0.05) is 11.9 Å². The molecule has 3 aromatic carbocycles. The van der Waals surface area contributed by atoms with Gasteiger partial charge in [-0.2, -0.15) is 0 Å². The molecule has 210 valence electrons. The van der Waals surface area contributed by atoms with E-state index in [1.165, 1.54) is 12.3 Å². The van der Waals surface area contributed by atoms with Crippen LogP contribution in [0.5, 0.6) is 0 Å². The zero-order valence-electron chi connectivity index (χ0n) is 22.2. The largest absolute Gasteiger partial charge is 0.481 e. The first-order valence-corrected chi connectivity index (χ1v) is 13.7. The topological polar surface area (TPSA) is 150 Å². The van der Waals surface area contributed by atoms with E-state index in [1.807, 2.05) is 72.8 Å². The van der Waals surface area contributed by atoms with Gasteiger partial charge in [0.1, 0.15) is 11.7 Å². The molecule has 1 aromatic heterocycles. The summed E-state index contributed by atoms with van der Waals surface area (Å²) in [7, 11) is 0. The minimum atomic E-state index is -1.07. The smallest absolute Gasteiger partial charge is 0.321 e. The van der Waals surface area contributed by atoms with Gasteiger partial charge in [-0.1, -0.05) is 84.9 Å². The van der Waals surface area contributed by atoms with Gasteiger partial charge in [-0.3, -0.25) is 19.7 Å². The molecule has 0 saturated heterocycles. The van der Waals surface area contributed by atoms with Gasteiger partial charge in [0.15, 0.2) is 5.13 Å². The molecular weight excluding hydrogens is 542 g/mol. The molecule has 1 heterocycles. The van der Waals surface area contributed by atoms with E-state index in [-0.39, 0.29) is 17.2 Å². The summed E-state index contributed by atoms with van der Waals surface area (Å²) >= 11 is 1.07. The molecule has 4 aromatic rings. The maximum Gasteiger partial charge on any atom is 0.321 e. The number of carboxylic acid groups (broad SMARTS) is 1. The summed E-state index contributed by atoms with van der Waals surface area (Å²) in [5.74, 6) is -2.23. The van der Waals surface area contributed by atoms with E-state index in [4.69, 9.17) is 0 Å². The first-order valence-electron chi connectivity index (χ1n) is 12.8. The zero-order chi connectivity index (χ0) is 29.2. The zero-order valence-corrected chi connectivity index (χ0v) is 23.0. The number of carbonyl (C=O) groups excluding carboxylic acids is 3. The number of carboxylic acids is 1. The number of nitrogens with one attached hydrogen (secondary N) is 4. The average molecular weight is 572 g/mol. The van der Waals surface area contributed by atoms with Crippen LogP contribution in [0, 0.1) is 0 Å². The number of hydrogen-bond donors (Lipinski definition) is 5. The fraction of sp³-hybridized carbons (Fsp3) is 0.167. The van der Waals surface area contributed by atoms with Crippen LogP contribution in [0.3, 0.4) is 0 Å². The predicted octanol–water partition coefficient (Wildman–Crippen LogP) is 4.58. The number of aromatic nitrogens is 1. The van der Waals surface area contributed by atoms with E-state index in [1.54, 1.807) is 12.1 Å². The van der Waals surface area contributed by atoms with Gasteiger partial charge >= 0.3 is 12.0 Å². The van der Waals surface area contributed by atoms with Crippen LogP contribution in [0.2, 0.25) is 0 Å². The van der Waals surface area contributed by atoms with E-state index in [2.05, 4.69) is 26.3 Å². The molecule has 2 unspecified atom stereocenters. The molecule has 11 heteroatoms. The molecule has 0 aliphatic carbocycles. The van der Waals surface area contributed by atoms with Gasteiger partial charge in [-0.05, 0) is 29.2 Å². The predicted molar refractivity (Wildman–Crippen MR) is 156 cm³/mol. The summed E-state index contributed by atoms with van der Waals surface area (Å²) in [6.45, 7) is 1.82. The van der Waals surface area contributed by atoms with Crippen LogP contribution < -0.4 is 21.3 Å². The molecule has 4 amide bonds. The summed E-state index contributed by atoms with van der Waals surface area (Å²) in [4.78, 5) is 53.4. The van der Waals surface area contributed by atoms with Crippen molar-refractivity contribution in [3.63, 3.8) is 0 Å². The van der Waals surface area contributed by atoms with Crippen LogP contribution in [0.1, 0.15) is 41.0 Å². The van der Waals surface area contributed by atoms with Crippen molar-refractivity contribution in [1.82, 2.24) is 20.9 Å². The first kappa shape index (κ1) is 29.0. The quantitative estimate of drug-likeness (QED) is 0.178. The van der Waals surface area contributed by atoms with E-state index in [0.717, 1.165) is 28.0 Å². The summed E-state index contributed by atoms with van der Waals surface area (Å²) in [5.41, 5.74) is 3.57. The minimum Gasteiger partial charge on any atom is -0.481 e. The lowest BCUT2D eigenvalue weighted by molar-refractivity contribution is -0.137. The van der Waals surface area contributed by atoms with Crippen molar-refractivity contribution in [2.45, 2.75) is 32.0 Å². The van der Waals surface area contributed by atoms with Crippen molar-refractivity contribution < 1.29 is 24.3 Å². The second kappa shape index (κ2) is 13.9. The van der Waals surface area contributed by atoms with E-state index < -0.39 is 35.9 Å².